The molecule has 10 heteroatoms. The minimum Gasteiger partial charge on any atom is -0.382 e. The van der Waals surface area contributed by atoms with Crippen LogP contribution in [0.4, 0.5) is 5.82 Å². The standard InChI is InChI=1S/C17H26N4O6/c1-3-4-6-11(14(22)16(24)19-26)17(25)21-8-5-7-12(21)15(23)18-13-9-10(2)27-20-13/h9,11-12,14,22,26H,3-8H2,1-2H3,(H,19,24)(H,18,20,23). The van der Waals surface area contributed by atoms with Crippen molar-refractivity contribution >= 4 is 23.5 Å². The van der Waals surface area contributed by atoms with Crippen molar-refractivity contribution in [3.8, 4) is 0 Å². The summed E-state index contributed by atoms with van der Waals surface area (Å²) < 4.78 is 4.91. The second-order valence-corrected chi connectivity index (χ2v) is 6.67. The van der Waals surface area contributed by atoms with Gasteiger partial charge >= 0.3 is 0 Å². The highest BCUT2D eigenvalue weighted by Crippen LogP contribution is 2.25. The minimum atomic E-state index is -1.68. The van der Waals surface area contributed by atoms with Gasteiger partial charge in [0.15, 0.2) is 5.82 Å². The van der Waals surface area contributed by atoms with Crippen LogP contribution in [-0.4, -0.2) is 56.8 Å². The Morgan fingerprint density at radius 3 is 2.78 bits per heavy atom. The lowest BCUT2D eigenvalue weighted by atomic mass is 9.93. The van der Waals surface area contributed by atoms with E-state index < -0.39 is 35.8 Å². The largest absolute Gasteiger partial charge is 0.382 e. The maximum Gasteiger partial charge on any atom is 0.272 e. The predicted octanol–water partition coefficient (Wildman–Crippen LogP) is 0.585. The molecule has 1 fully saturated rings. The number of rotatable bonds is 8. The van der Waals surface area contributed by atoms with Crippen LogP contribution >= 0.6 is 0 Å². The van der Waals surface area contributed by atoms with E-state index in [0.29, 0.717) is 31.6 Å². The molecule has 10 nitrogen and oxygen atoms in total. The van der Waals surface area contributed by atoms with E-state index in [1.54, 1.807) is 13.0 Å². The smallest absolute Gasteiger partial charge is 0.272 e. The number of carbonyl (C=O) groups excluding carboxylic acids is 3. The number of nitrogens with one attached hydrogen (secondary N) is 2. The Balaban J connectivity index is 2.12. The Hall–Kier alpha value is -2.46. The molecule has 0 saturated carbocycles. The van der Waals surface area contributed by atoms with Crippen molar-refractivity contribution in [1.29, 1.82) is 0 Å². The van der Waals surface area contributed by atoms with E-state index in [1.807, 2.05) is 6.92 Å². The zero-order chi connectivity index (χ0) is 20.0. The minimum absolute atomic E-state index is 0.263. The number of aliphatic hydroxyl groups is 1. The number of hydroxylamine groups is 1. The highest BCUT2D eigenvalue weighted by Gasteiger charge is 2.41. The number of carbonyl (C=O) groups is 3. The second kappa shape index (κ2) is 9.47. The Bertz CT molecular complexity index is 676. The van der Waals surface area contributed by atoms with Gasteiger partial charge in [-0.25, -0.2) is 5.48 Å². The van der Waals surface area contributed by atoms with Gasteiger partial charge < -0.3 is 19.8 Å². The van der Waals surface area contributed by atoms with Gasteiger partial charge in [0.1, 0.15) is 17.9 Å². The average molecular weight is 382 g/mol. The summed E-state index contributed by atoms with van der Waals surface area (Å²) in [7, 11) is 0. The van der Waals surface area contributed by atoms with Crippen LogP contribution < -0.4 is 10.8 Å². The summed E-state index contributed by atoms with van der Waals surface area (Å²) in [6.07, 6.45) is 1.08. The number of hydrogen-bond acceptors (Lipinski definition) is 7. The number of likely N-dealkylation sites (tertiary alicyclic amines) is 1. The third-order valence-electron chi connectivity index (χ3n) is 4.66. The first-order valence-corrected chi connectivity index (χ1v) is 9.05. The predicted molar refractivity (Wildman–Crippen MR) is 93.6 cm³/mol. The van der Waals surface area contributed by atoms with Crippen LogP contribution in [-0.2, 0) is 14.4 Å². The van der Waals surface area contributed by atoms with Crippen molar-refractivity contribution in [3.05, 3.63) is 11.8 Å². The maximum absolute atomic E-state index is 13.0. The summed E-state index contributed by atoms with van der Waals surface area (Å²) >= 11 is 0. The number of unbranched alkanes of at least 4 members (excludes halogenated alkanes) is 1. The molecule has 1 saturated heterocycles. The first-order valence-electron chi connectivity index (χ1n) is 9.05. The Morgan fingerprint density at radius 1 is 1.44 bits per heavy atom. The number of aromatic nitrogens is 1. The molecule has 3 atom stereocenters. The van der Waals surface area contributed by atoms with Gasteiger partial charge in [-0.2, -0.15) is 0 Å². The van der Waals surface area contributed by atoms with Crippen molar-refractivity contribution in [1.82, 2.24) is 15.5 Å². The second-order valence-electron chi connectivity index (χ2n) is 6.67. The number of amides is 3. The summed E-state index contributed by atoms with van der Waals surface area (Å²) in [6.45, 7) is 3.97. The van der Waals surface area contributed by atoms with Gasteiger partial charge in [0.2, 0.25) is 11.8 Å². The Kier molecular flexibility index (Phi) is 7.31. The first-order chi connectivity index (χ1) is 12.9. The molecule has 0 spiro atoms. The lowest BCUT2D eigenvalue weighted by Gasteiger charge is -2.29. The van der Waals surface area contributed by atoms with Gasteiger partial charge in [0.25, 0.3) is 5.91 Å². The molecule has 1 aliphatic rings. The van der Waals surface area contributed by atoms with Crippen molar-refractivity contribution in [2.24, 2.45) is 5.92 Å². The lowest BCUT2D eigenvalue weighted by molar-refractivity contribution is -0.152. The first kappa shape index (κ1) is 20.8. The highest BCUT2D eigenvalue weighted by molar-refractivity contribution is 5.98. The van der Waals surface area contributed by atoms with Crippen molar-refractivity contribution in [2.45, 2.75) is 58.1 Å². The van der Waals surface area contributed by atoms with E-state index in [1.165, 1.54) is 10.4 Å². The van der Waals surface area contributed by atoms with Crippen LogP contribution in [0, 0.1) is 12.8 Å². The van der Waals surface area contributed by atoms with Crippen LogP contribution in [0.3, 0.4) is 0 Å². The summed E-state index contributed by atoms with van der Waals surface area (Å²) in [4.78, 5) is 38.5. The Labute approximate surface area is 156 Å². The fraction of sp³-hybridized carbons (Fsp3) is 0.647. The molecule has 2 heterocycles. The number of anilines is 1. The van der Waals surface area contributed by atoms with Crippen LogP contribution in [0.15, 0.2) is 10.6 Å². The molecule has 0 aromatic carbocycles. The van der Waals surface area contributed by atoms with Gasteiger partial charge in [-0.05, 0) is 26.2 Å². The normalized spacial score (nSPS) is 18.8. The van der Waals surface area contributed by atoms with E-state index in [4.69, 9.17) is 9.73 Å². The molecule has 0 bridgehead atoms. The van der Waals surface area contributed by atoms with Crippen LogP contribution in [0.1, 0.15) is 44.8 Å². The van der Waals surface area contributed by atoms with Crippen LogP contribution in [0.2, 0.25) is 0 Å². The van der Waals surface area contributed by atoms with Crippen LogP contribution in [0.25, 0.3) is 0 Å². The molecule has 1 aromatic rings. The zero-order valence-corrected chi connectivity index (χ0v) is 15.5. The summed E-state index contributed by atoms with van der Waals surface area (Å²) in [5.74, 6) is -2.14. The van der Waals surface area contributed by atoms with Crippen molar-refractivity contribution in [3.63, 3.8) is 0 Å². The van der Waals surface area contributed by atoms with Crippen LogP contribution in [0.5, 0.6) is 0 Å². The number of hydrogen-bond donors (Lipinski definition) is 4. The molecular formula is C17H26N4O6. The fourth-order valence-electron chi connectivity index (χ4n) is 3.24. The van der Waals surface area contributed by atoms with E-state index in [9.17, 15) is 19.5 Å². The molecule has 1 aromatic heterocycles. The quantitative estimate of drug-likeness (QED) is 0.380. The summed E-state index contributed by atoms with van der Waals surface area (Å²) in [5, 5.41) is 25.2. The van der Waals surface area contributed by atoms with Gasteiger partial charge in [0, 0.05) is 12.6 Å². The van der Waals surface area contributed by atoms with Gasteiger partial charge in [-0.3, -0.25) is 19.6 Å². The average Bonchev–Trinajstić information content (AvgIpc) is 3.29. The van der Waals surface area contributed by atoms with Crippen molar-refractivity contribution < 1.29 is 29.2 Å². The SMILES string of the molecule is CCCCC(C(=O)N1CCCC1C(=O)Nc1cc(C)on1)C(O)C(=O)NO. The third-order valence-corrected chi connectivity index (χ3v) is 4.66. The molecule has 27 heavy (non-hydrogen) atoms. The topological polar surface area (TPSA) is 145 Å². The molecule has 150 valence electrons. The van der Waals surface area contributed by atoms with E-state index in [-0.39, 0.29) is 12.2 Å². The molecule has 3 amide bonds. The molecule has 3 unspecified atom stereocenters. The number of nitrogens with zero attached hydrogens (tertiary/aromatic N) is 2. The van der Waals surface area contributed by atoms with E-state index >= 15 is 0 Å². The number of aliphatic hydroxyl groups excluding tert-OH is 1. The molecule has 2 rings (SSSR count). The summed E-state index contributed by atoms with van der Waals surface area (Å²) in [5.41, 5.74) is 1.38. The maximum atomic E-state index is 13.0. The molecule has 1 aliphatic heterocycles. The summed E-state index contributed by atoms with van der Waals surface area (Å²) in [6, 6.07) is 0.848. The number of aryl methyl sites for hydroxylation is 1. The third kappa shape index (κ3) is 5.04. The van der Waals surface area contributed by atoms with Gasteiger partial charge in [-0.15, -0.1) is 0 Å². The molecule has 4 N–H and O–H groups in total. The zero-order valence-electron chi connectivity index (χ0n) is 15.5. The monoisotopic (exact) mass is 382 g/mol. The van der Waals surface area contributed by atoms with E-state index in [0.717, 1.165) is 6.42 Å². The molecular weight excluding hydrogens is 356 g/mol. The van der Waals surface area contributed by atoms with Gasteiger partial charge in [0.05, 0.1) is 5.92 Å². The Morgan fingerprint density at radius 2 is 2.19 bits per heavy atom. The highest BCUT2D eigenvalue weighted by atomic mass is 16.5. The lowest BCUT2D eigenvalue weighted by Crippen LogP contribution is -2.50. The molecule has 0 radical (unpaired) electrons. The van der Waals surface area contributed by atoms with Crippen molar-refractivity contribution in [2.75, 3.05) is 11.9 Å². The van der Waals surface area contributed by atoms with E-state index in [2.05, 4.69) is 10.5 Å². The fourth-order valence-corrected chi connectivity index (χ4v) is 3.24. The molecule has 0 aliphatic carbocycles. The van der Waals surface area contributed by atoms with Gasteiger partial charge in [-0.1, -0.05) is 24.9 Å².